The van der Waals surface area contributed by atoms with Crippen molar-refractivity contribution in [2.24, 2.45) is 0 Å². The molecule has 0 aliphatic rings. The molecule has 0 heterocycles. The Bertz CT molecular complexity index is 1390. The number of amides is 2. The van der Waals surface area contributed by atoms with Crippen molar-refractivity contribution in [1.82, 2.24) is 10.2 Å². The van der Waals surface area contributed by atoms with Crippen LogP contribution in [0.1, 0.15) is 18.9 Å². The normalized spacial score (nSPS) is 11.9. The zero-order chi connectivity index (χ0) is 27.9. The van der Waals surface area contributed by atoms with E-state index in [2.05, 4.69) is 5.32 Å². The highest BCUT2D eigenvalue weighted by Gasteiger charge is 2.33. The van der Waals surface area contributed by atoms with Gasteiger partial charge in [0.25, 0.3) is 10.0 Å². The van der Waals surface area contributed by atoms with Gasteiger partial charge in [0.05, 0.1) is 22.7 Å². The van der Waals surface area contributed by atoms with Crippen molar-refractivity contribution >= 4 is 39.1 Å². The Kier molecular flexibility index (Phi) is 9.71. The molecule has 0 fully saturated rings. The van der Waals surface area contributed by atoms with Crippen LogP contribution in [0.4, 0.5) is 10.1 Å². The number of rotatable bonds is 11. The predicted molar refractivity (Wildman–Crippen MR) is 144 cm³/mol. The molecule has 11 heteroatoms. The summed E-state index contributed by atoms with van der Waals surface area (Å²) in [5.74, 6) is -1.20. The molecule has 0 aliphatic heterocycles. The fourth-order valence-electron chi connectivity index (χ4n) is 3.94. The summed E-state index contributed by atoms with van der Waals surface area (Å²) in [5.41, 5.74) is 0.685. The topological polar surface area (TPSA) is 96.0 Å². The fraction of sp³-hybridized carbons (Fsp3) is 0.259. The van der Waals surface area contributed by atoms with E-state index in [0.29, 0.717) is 11.3 Å². The Labute approximate surface area is 227 Å². The molecule has 0 bridgehead atoms. The van der Waals surface area contributed by atoms with Crippen molar-refractivity contribution in [3.05, 3.63) is 89.2 Å². The molecule has 0 aromatic heterocycles. The van der Waals surface area contributed by atoms with Gasteiger partial charge in [0.2, 0.25) is 11.8 Å². The zero-order valence-electron chi connectivity index (χ0n) is 21.2. The minimum absolute atomic E-state index is 0.00271. The fourth-order valence-corrected chi connectivity index (χ4v) is 5.54. The van der Waals surface area contributed by atoms with E-state index in [9.17, 15) is 22.4 Å². The number of benzene rings is 3. The van der Waals surface area contributed by atoms with E-state index in [4.69, 9.17) is 16.3 Å². The molecule has 0 radical (unpaired) electrons. The largest absolute Gasteiger partial charge is 0.497 e. The molecule has 202 valence electrons. The Morgan fingerprint density at radius 2 is 1.76 bits per heavy atom. The first kappa shape index (κ1) is 28.9. The average Bonchev–Trinajstić information content (AvgIpc) is 2.93. The summed E-state index contributed by atoms with van der Waals surface area (Å²) in [5, 5.41) is 2.27. The summed E-state index contributed by atoms with van der Waals surface area (Å²) in [7, 11) is -1.29. The lowest BCUT2D eigenvalue weighted by molar-refractivity contribution is -0.140. The molecule has 8 nitrogen and oxygen atoms in total. The summed E-state index contributed by atoms with van der Waals surface area (Å²) >= 11 is 5.97. The minimum Gasteiger partial charge on any atom is -0.497 e. The van der Waals surface area contributed by atoms with Gasteiger partial charge in [-0.05, 0) is 54.4 Å². The minimum atomic E-state index is -4.27. The summed E-state index contributed by atoms with van der Waals surface area (Å²) in [4.78, 5) is 27.8. The maximum atomic E-state index is 13.9. The smallest absolute Gasteiger partial charge is 0.264 e. The summed E-state index contributed by atoms with van der Waals surface area (Å²) < 4.78 is 47.4. The van der Waals surface area contributed by atoms with Crippen LogP contribution in [-0.4, -0.2) is 51.9 Å². The summed E-state index contributed by atoms with van der Waals surface area (Å²) in [6.07, 6.45) is 0.281. The molecular formula is C27H29ClFN3O5S. The van der Waals surface area contributed by atoms with Crippen molar-refractivity contribution in [3.63, 3.8) is 0 Å². The lowest BCUT2D eigenvalue weighted by Gasteiger charge is -2.33. The molecule has 0 aliphatic carbocycles. The number of nitrogens with zero attached hydrogens (tertiary/aromatic N) is 2. The first-order chi connectivity index (χ1) is 18.1. The second kappa shape index (κ2) is 12.7. The number of anilines is 1. The predicted octanol–water partition coefficient (Wildman–Crippen LogP) is 4.24. The van der Waals surface area contributed by atoms with Gasteiger partial charge in [0, 0.05) is 13.6 Å². The molecular weight excluding hydrogens is 533 g/mol. The molecule has 0 unspecified atom stereocenters. The first-order valence-corrected chi connectivity index (χ1v) is 13.6. The van der Waals surface area contributed by atoms with Crippen LogP contribution < -0.4 is 14.4 Å². The van der Waals surface area contributed by atoms with Gasteiger partial charge in [-0.3, -0.25) is 13.9 Å². The van der Waals surface area contributed by atoms with E-state index in [1.807, 2.05) is 0 Å². The third kappa shape index (κ3) is 6.62. The highest BCUT2D eigenvalue weighted by atomic mass is 35.5. The van der Waals surface area contributed by atoms with Gasteiger partial charge in [-0.1, -0.05) is 48.9 Å². The molecule has 3 aromatic carbocycles. The summed E-state index contributed by atoms with van der Waals surface area (Å²) in [6.45, 7) is 1.12. The number of methoxy groups -OCH3 is 1. The second-order valence-electron chi connectivity index (χ2n) is 8.33. The van der Waals surface area contributed by atoms with E-state index in [1.54, 1.807) is 49.4 Å². The Balaban J connectivity index is 2.07. The molecule has 3 aromatic rings. The van der Waals surface area contributed by atoms with Crippen LogP contribution in [0.15, 0.2) is 77.7 Å². The lowest BCUT2D eigenvalue weighted by atomic mass is 10.1. The van der Waals surface area contributed by atoms with E-state index in [1.165, 1.54) is 37.3 Å². The molecule has 38 heavy (non-hydrogen) atoms. The third-order valence-corrected chi connectivity index (χ3v) is 8.00. The third-order valence-electron chi connectivity index (χ3n) is 5.92. The van der Waals surface area contributed by atoms with Gasteiger partial charge < -0.3 is 15.0 Å². The number of carbonyl (C=O) groups is 2. The summed E-state index contributed by atoms with van der Waals surface area (Å²) in [6, 6.07) is 17.1. The molecule has 3 rings (SSSR count). The molecule has 1 N–H and O–H groups in total. The van der Waals surface area contributed by atoms with Crippen molar-refractivity contribution in [1.29, 1.82) is 0 Å². The van der Waals surface area contributed by atoms with Crippen molar-refractivity contribution in [3.8, 4) is 5.75 Å². The number of sulfonamides is 1. The first-order valence-electron chi connectivity index (χ1n) is 11.8. The van der Waals surface area contributed by atoms with Crippen molar-refractivity contribution < 1.29 is 27.1 Å². The highest BCUT2D eigenvalue weighted by molar-refractivity contribution is 7.92. The number of halogens is 2. The zero-order valence-corrected chi connectivity index (χ0v) is 22.8. The van der Waals surface area contributed by atoms with Gasteiger partial charge in [0.1, 0.15) is 24.2 Å². The Morgan fingerprint density at radius 1 is 1.05 bits per heavy atom. The van der Waals surface area contributed by atoms with E-state index in [-0.39, 0.29) is 28.6 Å². The van der Waals surface area contributed by atoms with Crippen LogP contribution in [0.3, 0.4) is 0 Å². The number of carbonyl (C=O) groups excluding carboxylic acids is 2. The van der Waals surface area contributed by atoms with Crippen molar-refractivity contribution in [2.45, 2.75) is 30.8 Å². The van der Waals surface area contributed by atoms with E-state index in [0.717, 1.165) is 16.4 Å². The SMILES string of the molecule is CC[C@H](C(=O)NC)N(Cc1cccc(OC)c1)C(=O)CN(c1ccc(F)c(Cl)c1)S(=O)(=O)c1ccccc1. The molecule has 0 saturated heterocycles. The number of likely N-dealkylation sites (N-methyl/N-ethyl adjacent to an activating group) is 1. The van der Waals surface area contributed by atoms with E-state index < -0.39 is 40.2 Å². The van der Waals surface area contributed by atoms with Gasteiger partial charge in [0.15, 0.2) is 0 Å². The lowest BCUT2D eigenvalue weighted by Crippen LogP contribution is -2.51. The van der Waals surface area contributed by atoms with Gasteiger partial charge in [-0.25, -0.2) is 12.8 Å². The van der Waals surface area contributed by atoms with Crippen LogP contribution in [0.2, 0.25) is 5.02 Å². The second-order valence-corrected chi connectivity index (χ2v) is 10.6. The molecule has 0 spiro atoms. The monoisotopic (exact) mass is 561 g/mol. The van der Waals surface area contributed by atoms with Crippen LogP contribution in [-0.2, 0) is 26.2 Å². The van der Waals surface area contributed by atoms with Crippen LogP contribution in [0.25, 0.3) is 0 Å². The Hall–Kier alpha value is -3.63. The molecule has 0 saturated carbocycles. The van der Waals surface area contributed by atoms with Gasteiger partial charge in [-0.2, -0.15) is 0 Å². The van der Waals surface area contributed by atoms with Gasteiger partial charge >= 0.3 is 0 Å². The average molecular weight is 562 g/mol. The van der Waals surface area contributed by atoms with Crippen LogP contribution >= 0.6 is 11.6 Å². The van der Waals surface area contributed by atoms with Crippen LogP contribution in [0, 0.1) is 5.82 Å². The quantitative estimate of drug-likeness (QED) is 0.378. The highest BCUT2D eigenvalue weighted by Crippen LogP contribution is 2.28. The maximum absolute atomic E-state index is 13.9. The number of nitrogens with one attached hydrogen (secondary N) is 1. The molecule has 2 amide bonds. The molecule has 1 atom stereocenters. The Morgan fingerprint density at radius 3 is 2.37 bits per heavy atom. The standard InChI is InChI=1S/C27H29ClFN3O5S/c1-4-25(27(34)30-2)31(17-19-9-8-10-21(15-19)37-3)26(33)18-32(20-13-14-24(29)23(28)16-20)38(35,36)22-11-6-5-7-12-22/h5-16,25H,4,17-18H2,1-3H3,(H,30,34)/t25-/m1/s1. The number of ether oxygens (including phenoxy) is 1. The van der Waals surface area contributed by atoms with E-state index >= 15 is 0 Å². The number of hydrogen-bond acceptors (Lipinski definition) is 5. The van der Waals surface area contributed by atoms with Gasteiger partial charge in [-0.15, -0.1) is 0 Å². The number of hydrogen-bond donors (Lipinski definition) is 1. The maximum Gasteiger partial charge on any atom is 0.264 e. The van der Waals surface area contributed by atoms with Crippen LogP contribution in [0.5, 0.6) is 5.75 Å². The van der Waals surface area contributed by atoms with Crippen molar-refractivity contribution in [2.75, 3.05) is 25.0 Å².